The average Bonchev–Trinajstić information content (AvgIpc) is 2.81. The van der Waals surface area contributed by atoms with E-state index in [1.807, 2.05) is 0 Å². The molecule has 1 aromatic rings. The highest BCUT2D eigenvalue weighted by Gasteiger charge is 2.43. The minimum atomic E-state index is -0.796. The monoisotopic (exact) mass is 219 g/mol. The van der Waals surface area contributed by atoms with Crippen LogP contribution >= 0.6 is 0 Å². The van der Waals surface area contributed by atoms with Gasteiger partial charge in [-0.2, -0.15) is 5.26 Å². The zero-order chi connectivity index (χ0) is 11.6. The van der Waals surface area contributed by atoms with Gasteiger partial charge in [0.1, 0.15) is 11.9 Å². The van der Waals surface area contributed by atoms with Crippen LogP contribution in [0.2, 0.25) is 0 Å². The highest BCUT2D eigenvalue weighted by atomic mass is 16.4. The molecule has 0 saturated heterocycles. The molecule has 16 heavy (non-hydrogen) atoms. The van der Waals surface area contributed by atoms with Crippen LogP contribution in [0.3, 0.4) is 0 Å². The van der Waals surface area contributed by atoms with E-state index in [0.29, 0.717) is 11.7 Å². The molecule has 1 saturated carbocycles. The van der Waals surface area contributed by atoms with E-state index in [1.165, 1.54) is 6.26 Å². The number of nitriles is 1. The van der Waals surface area contributed by atoms with Crippen molar-refractivity contribution in [1.82, 2.24) is 0 Å². The number of hydrogen-bond donors (Lipinski definition) is 1. The molecule has 3 nitrogen and oxygen atoms in total. The summed E-state index contributed by atoms with van der Waals surface area (Å²) in [6, 6.07) is 5.81. The number of aliphatic hydroxyl groups is 1. The van der Waals surface area contributed by atoms with Crippen LogP contribution in [0, 0.1) is 22.7 Å². The van der Waals surface area contributed by atoms with Crippen LogP contribution in [0.1, 0.15) is 44.5 Å². The molecule has 2 rings (SSSR count). The molecule has 0 radical (unpaired) electrons. The zero-order valence-corrected chi connectivity index (χ0v) is 9.52. The Kier molecular flexibility index (Phi) is 3.02. The molecule has 1 aliphatic carbocycles. The molecule has 1 aromatic heterocycles. The third-order valence-electron chi connectivity index (χ3n) is 3.59. The number of nitrogens with zero attached hydrogens (tertiary/aromatic N) is 1. The fourth-order valence-corrected chi connectivity index (χ4v) is 2.72. The lowest BCUT2D eigenvalue weighted by Gasteiger charge is -2.37. The van der Waals surface area contributed by atoms with Crippen LogP contribution in [0.4, 0.5) is 0 Å². The van der Waals surface area contributed by atoms with E-state index in [9.17, 15) is 10.4 Å². The van der Waals surface area contributed by atoms with E-state index in [0.717, 1.165) is 25.7 Å². The topological polar surface area (TPSA) is 57.2 Å². The summed E-state index contributed by atoms with van der Waals surface area (Å²) < 4.78 is 5.21. The summed E-state index contributed by atoms with van der Waals surface area (Å²) in [5.74, 6) is 1.01. The van der Waals surface area contributed by atoms with Crippen molar-refractivity contribution in [3.63, 3.8) is 0 Å². The van der Waals surface area contributed by atoms with Gasteiger partial charge >= 0.3 is 0 Å². The molecule has 1 heterocycles. The van der Waals surface area contributed by atoms with Crippen molar-refractivity contribution in [2.75, 3.05) is 0 Å². The third kappa shape index (κ3) is 1.85. The fourth-order valence-electron chi connectivity index (χ4n) is 2.72. The maximum Gasteiger partial charge on any atom is 0.133 e. The smallest absolute Gasteiger partial charge is 0.133 e. The Bertz CT molecular complexity index is 379. The van der Waals surface area contributed by atoms with Crippen molar-refractivity contribution in [3.8, 4) is 6.07 Å². The average molecular weight is 219 g/mol. The van der Waals surface area contributed by atoms with E-state index in [1.54, 1.807) is 12.1 Å². The first-order valence-electron chi connectivity index (χ1n) is 5.81. The van der Waals surface area contributed by atoms with Gasteiger partial charge in [-0.1, -0.05) is 19.8 Å². The van der Waals surface area contributed by atoms with Crippen molar-refractivity contribution >= 4 is 0 Å². The van der Waals surface area contributed by atoms with Crippen LogP contribution in [-0.4, -0.2) is 5.11 Å². The van der Waals surface area contributed by atoms with Crippen molar-refractivity contribution in [2.45, 2.75) is 38.7 Å². The molecule has 3 unspecified atom stereocenters. The second-order valence-electron chi connectivity index (χ2n) is 4.89. The predicted molar refractivity (Wildman–Crippen MR) is 59.3 cm³/mol. The molecule has 1 aliphatic rings. The van der Waals surface area contributed by atoms with Crippen LogP contribution in [0.25, 0.3) is 0 Å². The molecule has 86 valence electrons. The van der Waals surface area contributed by atoms with Crippen LogP contribution in [0.5, 0.6) is 0 Å². The summed E-state index contributed by atoms with van der Waals surface area (Å²) in [7, 11) is 0. The lowest BCUT2D eigenvalue weighted by Crippen LogP contribution is -2.32. The normalized spacial score (nSPS) is 31.9. The predicted octanol–water partition coefficient (Wildman–Crippen LogP) is 3.03. The molecule has 0 aromatic carbocycles. The zero-order valence-electron chi connectivity index (χ0n) is 9.52. The van der Waals surface area contributed by atoms with Gasteiger partial charge in [0.25, 0.3) is 0 Å². The lowest BCUT2D eigenvalue weighted by molar-refractivity contribution is 0.00734. The van der Waals surface area contributed by atoms with Gasteiger partial charge in [0.05, 0.1) is 17.7 Å². The molecule has 0 amide bonds. The molecule has 1 N–H and O–H groups in total. The van der Waals surface area contributed by atoms with Gasteiger partial charge in [0.15, 0.2) is 0 Å². The van der Waals surface area contributed by atoms with Gasteiger partial charge in [-0.25, -0.2) is 0 Å². The minimum Gasteiger partial charge on any atom is -0.467 e. The molecular weight excluding hydrogens is 202 g/mol. The Morgan fingerprint density at radius 3 is 3.06 bits per heavy atom. The summed E-state index contributed by atoms with van der Waals surface area (Å²) >= 11 is 0. The van der Waals surface area contributed by atoms with E-state index < -0.39 is 11.5 Å². The summed E-state index contributed by atoms with van der Waals surface area (Å²) in [5.41, 5.74) is -0.657. The summed E-state index contributed by atoms with van der Waals surface area (Å²) in [5, 5.41) is 19.7. The Morgan fingerprint density at radius 1 is 1.69 bits per heavy atom. The summed E-state index contributed by atoms with van der Waals surface area (Å²) in [6.07, 6.45) is 4.41. The third-order valence-corrected chi connectivity index (χ3v) is 3.59. The van der Waals surface area contributed by atoms with Gasteiger partial charge in [-0.3, -0.25) is 0 Å². The van der Waals surface area contributed by atoms with Gasteiger partial charge in [-0.15, -0.1) is 0 Å². The van der Waals surface area contributed by atoms with Crippen molar-refractivity contribution in [3.05, 3.63) is 24.2 Å². The number of hydrogen-bond acceptors (Lipinski definition) is 3. The van der Waals surface area contributed by atoms with E-state index in [-0.39, 0.29) is 0 Å². The number of furan rings is 1. The lowest BCUT2D eigenvalue weighted by atomic mass is 9.67. The van der Waals surface area contributed by atoms with E-state index >= 15 is 0 Å². The highest BCUT2D eigenvalue weighted by Crippen LogP contribution is 2.47. The standard InChI is InChI=1S/C13H17NO2/c1-10-4-2-6-13(8-10,9-14)12(15)11-5-3-7-16-11/h3,5,7,10,12,15H,2,4,6,8H2,1H3. The van der Waals surface area contributed by atoms with E-state index in [4.69, 9.17) is 4.42 Å². The molecule has 0 aliphatic heterocycles. The van der Waals surface area contributed by atoms with Gasteiger partial charge in [-0.05, 0) is 30.9 Å². The fraction of sp³-hybridized carbons (Fsp3) is 0.615. The van der Waals surface area contributed by atoms with Crippen LogP contribution in [-0.2, 0) is 0 Å². The SMILES string of the molecule is CC1CCCC(C#N)(C(O)c2ccco2)C1. The highest BCUT2D eigenvalue weighted by molar-refractivity contribution is 5.14. The first kappa shape index (κ1) is 11.2. The Balaban J connectivity index is 2.24. The maximum atomic E-state index is 10.3. The van der Waals surface area contributed by atoms with Gasteiger partial charge in [0, 0.05) is 0 Å². The molecule has 0 bridgehead atoms. The van der Waals surface area contributed by atoms with Crippen molar-refractivity contribution < 1.29 is 9.52 Å². The second kappa shape index (κ2) is 4.31. The van der Waals surface area contributed by atoms with Crippen LogP contribution in [0.15, 0.2) is 22.8 Å². The summed E-state index contributed by atoms with van der Waals surface area (Å²) in [6.45, 7) is 2.14. The Labute approximate surface area is 95.7 Å². The van der Waals surface area contributed by atoms with E-state index in [2.05, 4.69) is 13.0 Å². The summed E-state index contributed by atoms with van der Waals surface area (Å²) in [4.78, 5) is 0. The Hall–Kier alpha value is -1.27. The quantitative estimate of drug-likeness (QED) is 0.831. The van der Waals surface area contributed by atoms with Gasteiger partial charge < -0.3 is 9.52 Å². The van der Waals surface area contributed by atoms with Crippen molar-refractivity contribution in [1.29, 1.82) is 5.26 Å². The molecule has 3 heteroatoms. The first-order valence-corrected chi connectivity index (χ1v) is 5.81. The molecular formula is C13H17NO2. The number of aliphatic hydroxyl groups excluding tert-OH is 1. The molecule has 3 atom stereocenters. The maximum absolute atomic E-state index is 10.3. The van der Waals surface area contributed by atoms with Crippen LogP contribution < -0.4 is 0 Å². The molecule has 1 fully saturated rings. The Morgan fingerprint density at radius 2 is 2.50 bits per heavy atom. The second-order valence-corrected chi connectivity index (χ2v) is 4.89. The van der Waals surface area contributed by atoms with Crippen molar-refractivity contribution in [2.24, 2.45) is 11.3 Å². The number of rotatable bonds is 2. The minimum absolute atomic E-state index is 0.498. The first-order chi connectivity index (χ1) is 7.68. The van der Waals surface area contributed by atoms with Gasteiger partial charge in [0.2, 0.25) is 0 Å². The molecule has 0 spiro atoms. The largest absolute Gasteiger partial charge is 0.467 e.